The van der Waals surface area contributed by atoms with Crippen molar-refractivity contribution in [3.05, 3.63) is 29.3 Å². The molecule has 2 rings (SSSR count). The maximum absolute atomic E-state index is 13.9. The Morgan fingerprint density at radius 2 is 2.11 bits per heavy atom. The molecule has 1 saturated heterocycles. The van der Waals surface area contributed by atoms with E-state index in [0.29, 0.717) is 26.0 Å². The number of carbonyl (C=O) groups is 1. The molecule has 0 N–H and O–H groups in total. The molecule has 0 saturated carbocycles. The van der Waals surface area contributed by atoms with Crippen molar-refractivity contribution in [1.29, 1.82) is 0 Å². The molecule has 1 aromatic rings. The maximum Gasteiger partial charge on any atom is 0.150 e. The van der Waals surface area contributed by atoms with Crippen LogP contribution in [0.15, 0.2) is 12.1 Å². The fraction of sp³-hybridized carbons (Fsp3) is 0.500. The van der Waals surface area contributed by atoms with E-state index in [1.54, 1.807) is 12.0 Å². The molecule has 5 heteroatoms. The molecule has 0 amide bonds. The number of ether oxygens (including phenoxy) is 1. The number of rotatable bonds is 4. The summed E-state index contributed by atoms with van der Waals surface area (Å²) in [7, 11) is 1.62. The highest BCUT2D eigenvalue weighted by molar-refractivity contribution is 5.76. The molecule has 1 aliphatic rings. The molecule has 0 aliphatic carbocycles. The summed E-state index contributed by atoms with van der Waals surface area (Å²) in [5, 5.41) is 0. The molecule has 19 heavy (non-hydrogen) atoms. The minimum atomic E-state index is -0.680. The third-order valence-corrected chi connectivity index (χ3v) is 3.41. The second-order valence-electron chi connectivity index (χ2n) is 4.86. The van der Waals surface area contributed by atoms with E-state index < -0.39 is 11.6 Å². The molecule has 1 atom stereocenters. The number of benzene rings is 1. The molecule has 0 spiro atoms. The summed E-state index contributed by atoms with van der Waals surface area (Å²) < 4.78 is 32.9. The van der Waals surface area contributed by atoms with Crippen molar-refractivity contribution in [3.8, 4) is 0 Å². The van der Waals surface area contributed by atoms with Crippen molar-refractivity contribution < 1.29 is 18.3 Å². The third-order valence-electron chi connectivity index (χ3n) is 3.41. The fourth-order valence-electron chi connectivity index (χ4n) is 2.60. The van der Waals surface area contributed by atoms with Crippen molar-refractivity contribution in [3.63, 3.8) is 0 Å². The summed E-state index contributed by atoms with van der Waals surface area (Å²) in [6, 6.07) is 2.15. The van der Waals surface area contributed by atoms with Crippen LogP contribution < -0.4 is 4.90 Å². The Bertz CT molecular complexity index is 440. The second kappa shape index (κ2) is 6.10. The van der Waals surface area contributed by atoms with E-state index in [4.69, 9.17) is 4.74 Å². The van der Waals surface area contributed by atoms with Gasteiger partial charge in [0, 0.05) is 25.8 Å². The highest BCUT2D eigenvalue weighted by atomic mass is 19.1. The molecule has 1 aromatic carbocycles. The lowest BCUT2D eigenvalue weighted by molar-refractivity contribution is 0.112. The van der Waals surface area contributed by atoms with Crippen LogP contribution in [0.4, 0.5) is 14.5 Å². The SMILES string of the molecule is COCC1CCCN(c2c(F)cc(C=O)cc2F)C1. The zero-order valence-electron chi connectivity index (χ0n) is 10.9. The second-order valence-corrected chi connectivity index (χ2v) is 4.86. The minimum Gasteiger partial charge on any atom is -0.384 e. The van der Waals surface area contributed by atoms with Gasteiger partial charge in [0.05, 0.1) is 6.61 Å². The van der Waals surface area contributed by atoms with Crippen LogP contribution in [0.1, 0.15) is 23.2 Å². The molecule has 1 unspecified atom stereocenters. The highest BCUT2D eigenvalue weighted by Crippen LogP contribution is 2.29. The molecule has 3 nitrogen and oxygen atoms in total. The van der Waals surface area contributed by atoms with Crippen molar-refractivity contribution in [1.82, 2.24) is 0 Å². The van der Waals surface area contributed by atoms with Crippen LogP contribution in [0.3, 0.4) is 0 Å². The molecule has 0 radical (unpaired) electrons. The predicted octanol–water partition coefficient (Wildman–Crippen LogP) is 2.64. The zero-order chi connectivity index (χ0) is 13.8. The highest BCUT2D eigenvalue weighted by Gasteiger charge is 2.24. The number of hydrogen-bond acceptors (Lipinski definition) is 3. The number of hydrogen-bond donors (Lipinski definition) is 0. The summed E-state index contributed by atoms with van der Waals surface area (Å²) in [5.41, 5.74) is -0.0180. The van der Waals surface area contributed by atoms with Gasteiger partial charge in [0.25, 0.3) is 0 Å². The first-order chi connectivity index (χ1) is 9.15. The van der Waals surface area contributed by atoms with Gasteiger partial charge in [-0.05, 0) is 30.9 Å². The number of piperidine rings is 1. The van der Waals surface area contributed by atoms with Crippen molar-refractivity contribution >= 4 is 12.0 Å². The Morgan fingerprint density at radius 3 is 2.68 bits per heavy atom. The van der Waals surface area contributed by atoms with Gasteiger partial charge in [-0.2, -0.15) is 0 Å². The van der Waals surface area contributed by atoms with Gasteiger partial charge in [-0.25, -0.2) is 8.78 Å². The van der Waals surface area contributed by atoms with Gasteiger partial charge in [0.2, 0.25) is 0 Å². The number of halogens is 2. The lowest BCUT2D eigenvalue weighted by Gasteiger charge is -2.34. The lowest BCUT2D eigenvalue weighted by Crippen LogP contribution is -2.38. The summed E-state index contributed by atoms with van der Waals surface area (Å²) >= 11 is 0. The monoisotopic (exact) mass is 269 g/mol. The molecule has 1 fully saturated rings. The quantitative estimate of drug-likeness (QED) is 0.787. The van der Waals surface area contributed by atoms with Crippen LogP contribution in [0.2, 0.25) is 0 Å². The fourth-order valence-corrected chi connectivity index (χ4v) is 2.60. The van der Waals surface area contributed by atoms with Gasteiger partial charge in [-0.3, -0.25) is 4.79 Å². The van der Waals surface area contributed by atoms with Crippen LogP contribution in [0.5, 0.6) is 0 Å². The van der Waals surface area contributed by atoms with Crippen LogP contribution in [0, 0.1) is 17.6 Å². The van der Waals surface area contributed by atoms with Gasteiger partial charge in [0.1, 0.15) is 23.6 Å². The van der Waals surface area contributed by atoms with Gasteiger partial charge >= 0.3 is 0 Å². The van der Waals surface area contributed by atoms with Crippen molar-refractivity contribution in [2.75, 3.05) is 31.7 Å². The third kappa shape index (κ3) is 3.10. The molecule has 104 valence electrons. The number of anilines is 1. The maximum atomic E-state index is 13.9. The van der Waals surface area contributed by atoms with Crippen LogP contribution >= 0.6 is 0 Å². The van der Waals surface area contributed by atoms with Crippen LogP contribution in [-0.4, -0.2) is 33.1 Å². The van der Waals surface area contributed by atoms with E-state index in [9.17, 15) is 13.6 Å². The summed E-state index contributed by atoms with van der Waals surface area (Å²) in [5.74, 6) is -1.08. The Balaban J connectivity index is 2.23. The minimum absolute atomic E-state index is 0.0178. The largest absolute Gasteiger partial charge is 0.384 e. The standard InChI is InChI=1S/C14H17F2NO2/c1-19-9-10-3-2-4-17(7-10)14-12(15)5-11(8-18)6-13(14)16/h5-6,8,10H,2-4,7,9H2,1H3. The summed E-state index contributed by atoms with van der Waals surface area (Å²) in [6.07, 6.45) is 2.32. The Labute approximate surface area is 111 Å². The van der Waals surface area contributed by atoms with Gasteiger partial charge in [-0.1, -0.05) is 0 Å². The number of nitrogens with zero attached hydrogens (tertiary/aromatic N) is 1. The first-order valence-electron chi connectivity index (χ1n) is 6.33. The Morgan fingerprint density at radius 1 is 1.42 bits per heavy atom. The first kappa shape index (κ1) is 13.9. The molecular weight excluding hydrogens is 252 g/mol. The van der Waals surface area contributed by atoms with Gasteiger partial charge in [0.15, 0.2) is 0 Å². The first-order valence-corrected chi connectivity index (χ1v) is 6.33. The van der Waals surface area contributed by atoms with Crippen molar-refractivity contribution in [2.24, 2.45) is 5.92 Å². The molecular formula is C14H17F2NO2. The Kier molecular flexibility index (Phi) is 4.47. The summed E-state index contributed by atoms with van der Waals surface area (Å²) in [6.45, 7) is 1.78. The molecule has 0 aromatic heterocycles. The van der Waals surface area contributed by atoms with E-state index in [0.717, 1.165) is 25.0 Å². The zero-order valence-corrected chi connectivity index (χ0v) is 10.9. The number of carbonyl (C=O) groups excluding carboxylic acids is 1. The van der Waals surface area contributed by atoms with Crippen molar-refractivity contribution in [2.45, 2.75) is 12.8 Å². The van der Waals surface area contributed by atoms with E-state index in [1.807, 2.05) is 0 Å². The topological polar surface area (TPSA) is 29.5 Å². The van der Waals surface area contributed by atoms with Crippen LogP contribution in [0.25, 0.3) is 0 Å². The average Bonchev–Trinajstić information content (AvgIpc) is 2.38. The lowest BCUT2D eigenvalue weighted by atomic mass is 9.98. The van der Waals surface area contributed by atoms with Gasteiger partial charge < -0.3 is 9.64 Å². The van der Waals surface area contributed by atoms with E-state index in [-0.39, 0.29) is 17.2 Å². The summed E-state index contributed by atoms with van der Waals surface area (Å²) in [4.78, 5) is 12.3. The van der Waals surface area contributed by atoms with E-state index in [1.165, 1.54) is 0 Å². The molecule has 1 aliphatic heterocycles. The van der Waals surface area contributed by atoms with Crippen LogP contribution in [-0.2, 0) is 4.74 Å². The normalized spacial score (nSPS) is 19.5. The average molecular weight is 269 g/mol. The predicted molar refractivity (Wildman–Crippen MR) is 68.6 cm³/mol. The number of methoxy groups -OCH3 is 1. The van der Waals surface area contributed by atoms with E-state index in [2.05, 4.69) is 0 Å². The van der Waals surface area contributed by atoms with E-state index >= 15 is 0 Å². The smallest absolute Gasteiger partial charge is 0.150 e. The molecule has 0 bridgehead atoms. The number of aldehydes is 1. The molecule has 1 heterocycles. The Hall–Kier alpha value is -1.49. The van der Waals surface area contributed by atoms with Gasteiger partial charge in [-0.15, -0.1) is 0 Å².